The van der Waals surface area contributed by atoms with Crippen LogP contribution in [0, 0.1) is 0 Å². The van der Waals surface area contributed by atoms with Crippen LogP contribution in [0.4, 0.5) is 0 Å². The maximum atomic E-state index is 11.2. The number of rotatable bonds is 6. The van der Waals surface area contributed by atoms with E-state index in [0.717, 1.165) is 12.8 Å². The van der Waals surface area contributed by atoms with E-state index in [1.165, 1.54) is 0 Å². The zero-order valence-corrected chi connectivity index (χ0v) is 8.95. The van der Waals surface area contributed by atoms with Crippen LogP contribution in [-0.4, -0.2) is 12.1 Å². The van der Waals surface area contributed by atoms with Gasteiger partial charge in [0.15, 0.2) is 0 Å². The molecule has 78 valence electrons. The van der Waals surface area contributed by atoms with Crippen molar-refractivity contribution in [2.75, 3.05) is 0 Å². The van der Waals surface area contributed by atoms with Crippen molar-refractivity contribution in [2.45, 2.75) is 32.8 Å². The Morgan fingerprint density at radius 3 is 2.64 bits per heavy atom. The average Bonchev–Trinajstić information content (AvgIpc) is 2.14. The van der Waals surface area contributed by atoms with Gasteiger partial charge >= 0.3 is 5.97 Å². The Hall–Kier alpha value is -1.31. The molecule has 1 unspecified atom stereocenters. The van der Waals surface area contributed by atoms with Gasteiger partial charge in [0.25, 0.3) is 0 Å². The number of allylic oxidation sites excluding steroid dienone is 2. The molecule has 2 heteroatoms. The SMILES string of the molecule is C=C/C=C/C(CCC)OC(=O)C(=C)C. The Balaban J connectivity index is 4.21. The molecule has 0 fully saturated rings. The van der Waals surface area contributed by atoms with E-state index in [4.69, 9.17) is 4.74 Å². The van der Waals surface area contributed by atoms with Gasteiger partial charge in [0, 0.05) is 5.57 Å². The summed E-state index contributed by atoms with van der Waals surface area (Å²) in [4.78, 5) is 11.2. The van der Waals surface area contributed by atoms with Crippen LogP contribution in [-0.2, 0) is 9.53 Å². The van der Waals surface area contributed by atoms with Gasteiger partial charge in [-0.2, -0.15) is 0 Å². The van der Waals surface area contributed by atoms with Gasteiger partial charge in [0.1, 0.15) is 6.10 Å². The van der Waals surface area contributed by atoms with Crippen molar-refractivity contribution < 1.29 is 9.53 Å². The first-order valence-corrected chi connectivity index (χ1v) is 4.77. The van der Waals surface area contributed by atoms with E-state index in [-0.39, 0.29) is 12.1 Å². The molecule has 0 amide bonds. The van der Waals surface area contributed by atoms with Crippen molar-refractivity contribution in [3.63, 3.8) is 0 Å². The lowest BCUT2D eigenvalue weighted by atomic mass is 10.2. The average molecular weight is 194 g/mol. The summed E-state index contributed by atoms with van der Waals surface area (Å²) in [6.45, 7) is 10.8. The minimum absolute atomic E-state index is 0.165. The van der Waals surface area contributed by atoms with Gasteiger partial charge in [0.05, 0.1) is 0 Å². The van der Waals surface area contributed by atoms with Crippen molar-refractivity contribution in [1.29, 1.82) is 0 Å². The van der Waals surface area contributed by atoms with Gasteiger partial charge in [-0.25, -0.2) is 4.79 Å². The molecular weight excluding hydrogens is 176 g/mol. The first-order valence-electron chi connectivity index (χ1n) is 4.77. The Labute approximate surface area is 86.0 Å². The molecule has 0 heterocycles. The molecule has 0 aromatic rings. The summed E-state index contributed by atoms with van der Waals surface area (Å²) < 4.78 is 5.18. The van der Waals surface area contributed by atoms with Crippen LogP contribution in [0.15, 0.2) is 37.0 Å². The monoisotopic (exact) mass is 194 g/mol. The van der Waals surface area contributed by atoms with Crippen LogP contribution in [0.1, 0.15) is 26.7 Å². The summed E-state index contributed by atoms with van der Waals surface area (Å²) in [5.74, 6) is -0.336. The number of esters is 1. The minimum atomic E-state index is -0.336. The second-order valence-electron chi connectivity index (χ2n) is 3.13. The number of hydrogen-bond donors (Lipinski definition) is 0. The van der Waals surface area contributed by atoms with Crippen LogP contribution in [0.3, 0.4) is 0 Å². The molecule has 0 spiro atoms. The zero-order chi connectivity index (χ0) is 11.0. The molecule has 0 rings (SSSR count). The molecule has 0 saturated carbocycles. The summed E-state index contributed by atoms with van der Waals surface area (Å²) in [6.07, 6.45) is 6.90. The highest BCUT2D eigenvalue weighted by atomic mass is 16.5. The van der Waals surface area contributed by atoms with Crippen LogP contribution in [0.25, 0.3) is 0 Å². The second kappa shape index (κ2) is 7.13. The summed E-state index contributed by atoms with van der Waals surface area (Å²) in [6, 6.07) is 0. The maximum absolute atomic E-state index is 11.2. The Kier molecular flexibility index (Phi) is 6.46. The van der Waals surface area contributed by atoms with E-state index in [2.05, 4.69) is 13.2 Å². The molecule has 0 aliphatic heterocycles. The highest BCUT2D eigenvalue weighted by molar-refractivity contribution is 5.87. The molecular formula is C12H18O2. The van der Waals surface area contributed by atoms with E-state index in [0.29, 0.717) is 5.57 Å². The standard InChI is InChI=1S/C12H18O2/c1-5-7-9-11(8-6-2)14-12(13)10(3)4/h5,7,9,11H,1,3,6,8H2,2,4H3/b9-7+. The number of hydrogen-bond acceptors (Lipinski definition) is 2. The lowest BCUT2D eigenvalue weighted by molar-refractivity contribution is -0.142. The van der Waals surface area contributed by atoms with E-state index >= 15 is 0 Å². The quantitative estimate of drug-likeness (QED) is 0.369. The largest absolute Gasteiger partial charge is 0.455 e. The van der Waals surface area contributed by atoms with Gasteiger partial charge in [-0.3, -0.25) is 0 Å². The number of carbonyl (C=O) groups excluding carboxylic acids is 1. The topological polar surface area (TPSA) is 26.3 Å². The minimum Gasteiger partial charge on any atom is -0.455 e. The Morgan fingerprint density at radius 1 is 1.57 bits per heavy atom. The van der Waals surface area contributed by atoms with Crippen molar-refractivity contribution in [3.05, 3.63) is 37.0 Å². The molecule has 0 N–H and O–H groups in total. The van der Waals surface area contributed by atoms with E-state index in [1.54, 1.807) is 19.1 Å². The lowest BCUT2D eigenvalue weighted by Gasteiger charge is -2.12. The fourth-order valence-corrected chi connectivity index (χ4v) is 0.920. The summed E-state index contributed by atoms with van der Waals surface area (Å²) in [5.41, 5.74) is 0.429. The van der Waals surface area contributed by atoms with Crippen molar-refractivity contribution in [3.8, 4) is 0 Å². The van der Waals surface area contributed by atoms with E-state index in [9.17, 15) is 4.79 Å². The van der Waals surface area contributed by atoms with Gasteiger partial charge in [-0.1, -0.05) is 38.7 Å². The molecule has 0 aromatic carbocycles. The predicted molar refractivity (Wildman–Crippen MR) is 58.9 cm³/mol. The van der Waals surface area contributed by atoms with Crippen molar-refractivity contribution in [2.24, 2.45) is 0 Å². The maximum Gasteiger partial charge on any atom is 0.333 e. The molecule has 14 heavy (non-hydrogen) atoms. The Morgan fingerprint density at radius 2 is 2.21 bits per heavy atom. The molecule has 1 atom stereocenters. The van der Waals surface area contributed by atoms with Crippen LogP contribution < -0.4 is 0 Å². The molecule has 0 bridgehead atoms. The van der Waals surface area contributed by atoms with Crippen molar-refractivity contribution >= 4 is 5.97 Å². The van der Waals surface area contributed by atoms with Crippen molar-refractivity contribution in [1.82, 2.24) is 0 Å². The second-order valence-corrected chi connectivity index (χ2v) is 3.13. The van der Waals surface area contributed by atoms with Gasteiger partial charge in [-0.15, -0.1) is 0 Å². The fraction of sp³-hybridized carbons (Fsp3) is 0.417. The smallest absolute Gasteiger partial charge is 0.333 e. The summed E-state index contributed by atoms with van der Waals surface area (Å²) in [7, 11) is 0. The highest BCUT2D eigenvalue weighted by Crippen LogP contribution is 2.07. The van der Waals surface area contributed by atoms with Crippen LogP contribution in [0.5, 0.6) is 0 Å². The Bertz CT molecular complexity index is 239. The van der Waals surface area contributed by atoms with Crippen LogP contribution >= 0.6 is 0 Å². The van der Waals surface area contributed by atoms with Gasteiger partial charge in [-0.05, 0) is 19.4 Å². The molecule has 0 radical (unpaired) electrons. The summed E-state index contributed by atoms with van der Waals surface area (Å²) >= 11 is 0. The van der Waals surface area contributed by atoms with Gasteiger partial charge in [0.2, 0.25) is 0 Å². The molecule has 0 aliphatic rings. The normalized spacial score (nSPS) is 12.4. The molecule has 0 saturated heterocycles. The highest BCUT2D eigenvalue weighted by Gasteiger charge is 2.10. The number of carbonyl (C=O) groups is 1. The summed E-state index contributed by atoms with van der Waals surface area (Å²) in [5, 5.41) is 0. The molecule has 0 aromatic heterocycles. The first kappa shape index (κ1) is 12.7. The predicted octanol–water partition coefficient (Wildman–Crippen LogP) is 3.02. The van der Waals surface area contributed by atoms with Gasteiger partial charge < -0.3 is 4.74 Å². The zero-order valence-electron chi connectivity index (χ0n) is 8.95. The van der Waals surface area contributed by atoms with Crippen LogP contribution in [0.2, 0.25) is 0 Å². The fourth-order valence-electron chi connectivity index (χ4n) is 0.920. The third-order valence-corrected chi connectivity index (χ3v) is 1.64. The van der Waals surface area contributed by atoms with E-state index in [1.807, 2.05) is 13.0 Å². The molecule has 0 aliphatic carbocycles. The number of ether oxygens (including phenoxy) is 1. The lowest BCUT2D eigenvalue weighted by Crippen LogP contribution is -2.16. The first-order chi connectivity index (χ1) is 6.61. The molecule has 2 nitrogen and oxygen atoms in total. The third kappa shape index (κ3) is 5.36. The third-order valence-electron chi connectivity index (χ3n) is 1.64. The van der Waals surface area contributed by atoms with E-state index < -0.39 is 0 Å².